The number of nitrogens with zero attached hydrogens (tertiary/aromatic N) is 1. The standard InChI is InChI=1S/C15H29NO3/c1-16(12-15(13-17)9-10-15)11-7-5-3-4-6-8-14(18)19-2/h17H,3-13H2,1-2H3. The van der Waals surface area contributed by atoms with Gasteiger partial charge in [0.15, 0.2) is 0 Å². The van der Waals surface area contributed by atoms with Gasteiger partial charge in [-0.15, -0.1) is 0 Å². The lowest BCUT2D eigenvalue weighted by Gasteiger charge is -2.22. The molecule has 0 saturated heterocycles. The summed E-state index contributed by atoms with van der Waals surface area (Å²) >= 11 is 0. The molecule has 0 spiro atoms. The lowest BCUT2D eigenvalue weighted by Crippen LogP contribution is -2.29. The smallest absolute Gasteiger partial charge is 0.305 e. The Labute approximate surface area is 117 Å². The molecule has 1 N–H and O–H groups in total. The van der Waals surface area contributed by atoms with E-state index in [1.165, 1.54) is 39.2 Å². The lowest BCUT2D eigenvalue weighted by molar-refractivity contribution is -0.140. The van der Waals surface area contributed by atoms with Gasteiger partial charge in [-0.2, -0.15) is 0 Å². The highest BCUT2D eigenvalue weighted by Gasteiger charge is 2.42. The fraction of sp³-hybridized carbons (Fsp3) is 0.933. The summed E-state index contributed by atoms with van der Waals surface area (Å²) in [6.45, 7) is 2.48. The number of hydrogen-bond donors (Lipinski definition) is 1. The van der Waals surface area contributed by atoms with Crippen molar-refractivity contribution in [3.05, 3.63) is 0 Å². The van der Waals surface area contributed by atoms with Crippen molar-refractivity contribution in [3.63, 3.8) is 0 Å². The highest BCUT2D eigenvalue weighted by molar-refractivity contribution is 5.68. The van der Waals surface area contributed by atoms with Crippen LogP contribution in [0, 0.1) is 5.41 Å². The molecule has 19 heavy (non-hydrogen) atoms. The van der Waals surface area contributed by atoms with Gasteiger partial charge in [0.1, 0.15) is 0 Å². The second-order valence-electron chi connectivity index (χ2n) is 5.99. The van der Waals surface area contributed by atoms with E-state index >= 15 is 0 Å². The first kappa shape index (κ1) is 16.4. The van der Waals surface area contributed by atoms with Crippen LogP contribution < -0.4 is 0 Å². The van der Waals surface area contributed by atoms with Crippen LogP contribution in [0.2, 0.25) is 0 Å². The van der Waals surface area contributed by atoms with E-state index in [2.05, 4.69) is 16.7 Å². The third-order valence-electron chi connectivity index (χ3n) is 4.05. The summed E-state index contributed by atoms with van der Waals surface area (Å²) in [7, 11) is 3.59. The summed E-state index contributed by atoms with van der Waals surface area (Å²) in [5.74, 6) is -0.0986. The fourth-order valence-corrected chi connectivity index (χ4v) is 2.48. The molecule has 0 heterocycles. The SMILES string of the molecule is COC(=O)CCCCCCCN(C)CC1(CO)CC1. The molecule has 0 radical (unpaired) electrons. The molecule has 0 aromatic heterocycles. The molecule has 0 bridgehead atoms. The molecular formula is C15H29NO3. The zero-order valence-electron chi connectivity index (χ0n) is 12.5. The van der Waals surface area contributed by atoms with Crippen molar-refractivity contribution in [1.82, 2.24) is 4.90 Å². The molecule has 0 aliphatic heterocycles. The minimum atomic E-state index is -0.0986. The zero-order chi connectivity index (χ0) is 14.1. The number of esters is 1. The van der Waals surface area contributed by atoms with Crippen LogP contribution in [0.1, 0.15) is 51.4 Å². The van der Waals surface area contributed by atoms with Crippen LogP contribution in [0.15, 0.2) is 0 Å². The lowest BCUT2D eigenvalue weighted by atomic mass is 10.1. The predicted molar refractivity (Wildman–Crippen MR) is 76.0 cm³/mol. The van der Waals surface area contributed by atoms with Crippen LogP contribution in [-0.2, 0) is 9.53 Å². The van der Waals surface area contributed by atoms with Gasteiger partial charge in [0.05, 0.1) is 7.11 Å². The van der Waals surface area contributed by atoms with E-state index in [1.54, 1.807) is 0 Å². The van der Waals surface area contributed by atoms with Crippen LogP contribution in [-0.4, -0.2) is 49.8 Å². The number of carbonyl (C=O) groups excluding carboxylic acids is 1. The van der Waals surface area contributed by atoms with Gasteiger partial charge in [-0.05, 0) is 39.3 Å². The molecule has 0 atom stereocenters. The first-order valence-electron chi connectivity index (χ1n) is 7.48. The van der Waals surface area contributed by atoms with Gasteiger partial charge >= 0.3 is 5.97 Å². The Bertz CT molecular complexity index is 264. The molecule has 0 amide bonds. The van der Waals surface area contributed by atoms with Gasteiger partial charge in [-0.1, -0.05) is 19.3 Å². The van der Waals surface area contributed by atoms with Crippen LogP contribution in [0.4, 0.5) is 0 Å². The third kappa shape index (κ3) is 6.92. The van der Waals surface area contributed by atoms with Gasteiger partial charge in [0.2, 0.25) is 0 Å². The van der Waals surface area contributed by atoms with Gasteiger partial charge in [0.25, 0.3) is 0 Å². The summed E-state index contributed by atoms with van der Waals surface area (Å²) in [6.07, 6.45) is 8.58. The van der Waals surface area contributed by atoms with E-state index in [4.69, 9.17) is 0 Å². The maximum Gasteiger partial charge on any atom is 0.305 e. The van der Waals surface area contributed by atoms with Crippen molar-refractivity contribution in [2.45, 2.75) is 51.4 Å². The van der Waals surface area contributed by atoms with Crippen molar-refractivity contribution in [1.29, 1.82) is 0 Å². The normalized spacial score (nSPS) is 16.6. The maximum absolute atomic E-state index is 10.9. The van der Waals surface area contributed by atoms with Gasteiger partial charge in [0, 0.05) is 25.0 Å². The number of ether oxygens (including phenoxy) is 1. The van der Waals surface area contributed by atoms with E-state index in [0.717, 1.165) is 25.9 Å². The minimum Gasteiger partial charge on any atom is -0.469 e. The molecule has 0 aromatic rings. The van der Waals surface area contributed by atoms with Crippen molar-refractivity contribution in [2.24, 2.45) is 5.41 Å². The number of aliphatic hydroxyl groups is 1. The second kappa shape index (κ2) is 8.54. The Kier molecular flexibility index (Phi) is 7.39. The summed E-state index contributed by atoms with van der Waals surface area (Å²) in [5, 5.41) is 9.27. The van der Waals surface area contributed by atoms with Crippen LogP contribution in [0.5, 0.6) is 0 Å². The first-order valence-corrected chi connectivity index (χ1v) is 7.48. The number of rotatable bonds is 11. The van der Waals surface area contributed by atoms with Crippen LogP contribution >= 0.6 is 0 Å². The van der Waals surface area contributed by atoms with E-state index in [0.29, 0.717) is 13.0 Å². The molecule has 1 aliphatic carbocycles. The topological polar surface area (TPSA) is 49.8 Å². The van der Waals surface area contributed by atoms with Crippen LogP contribution in [0.3, 0.4) is 0 Å². The Balaban J connectivity index is 1.89. The summed E-state index contributed by atoms with van der Waals surface area (Å²) in [5.41, 5.74) is 0.231. The minimum absolute atomic E-state index is 0.0986. The van der Waals surface area contributed by atoms with Crippen molar-refractivity contribution in [3.8, 4) is 0 Å². The Morgan fingerprint density at radius 3 is 2.42 bits per heavy atom. The molecule has 4 nitrogen and oxygen atoms in total. The molecule has 1 saturated carbocycles. The highest BCUT2D eigenvalue weighted by Crippen LogP contribution is 2.45. The highest BCUT2D eigenvalue weighted by atomic mass is 16.5. The van der Waals surface area contributed by atoms with Gasteiger partial charge < -0.3 is 14.7 Å². The molecule has 0 aromatic carbocycles. The number of unbranched alkanes of at least 4 members (excludes halogenated alkanes) is 4. The number of methoxy groups -OCH3 is 1. The molecule has 1 rings (SSSR count). The molecule has 112 valence electrons. The van der Waals surface area contributed by atoms with Crippen molar-refractivity contribution < 1.29 is 14.6 Å². The zero-order valence-corrected chi connectivity index (χ0v) is 12.5. The van der Waals surface area contributed by atoms with Crippen LogP contribution in [0.25, 0.3) is 0 Å². The molecule has 0 unspecified atom stereocenters. The largest absolute Gasteiger partial charge is 0.469 e. The van der Waals surface area contributed by atoms with E-state index in [9.17, 15) is 9.90 Å². The Hall–Kier alpha value is -0.610. The Morgan fingerprint density at radius 2 is 1.84 bits per heavy atom. The molecular weight excluding hydrogens is 242 g/mol. The van der Waals surface area contributed by atoms with E-state index in [1.807, 2.05) is 0 Å². The fourth-order valence-electron chi connectivity index (χ4n) is 2.48. The Morgan fingerprint density at radius 1 is 1.21 bits per heavy atom. The summed E-state index contributed by atoms with van der Waals surface area (Å²) in [4.78, 5) is 13.3. The van der Waals surface area contributed by atoms with Crippen molar-refractivity contribution >= 4 is 5.97 Å². The average Bonchev–Trinajstić information content (AvgIpc) is 3.17. The number of aliphatic hydroxyl groups excluding tert-OH is 1. The summed E-state index contributed by atoms with van der Waals surface area (Å²) in [6, 6.07) is 0. The molecule has 1 fully saturated rings. The first-order chi connectivity index (χ1) is 9.12. The van der Waals surface area contributed by atoms with Gasteiger partial charge in [-0.25, -0.2) is 0 Å². The summed E-state index contributed by atoms with van der Waals surface area (Å²) < 4.78 is 4.61. The van der Waals surface area contributed by atoms with Gasteiger partial charge in [-0.3, -0.25) is 4.79 Å². The predicted octanol–water partition coefficient (Wildman–Crippen LogP) is 2.20. The third-order valence-corrected chi connectivity index (χ3v) is 4.05. The quantitative estimate of drug-likeness (QED) is 0.462. The molecule has 1 aliphatic rings. The monoisotopic (exact) mass is 271 g/mol. The maximum atomic E-state index is 10.9. The average molecular weight is 271 g/mol. The number of carbonyl (C=O) groups is 1. The van der Waals surface area contributed by atoms with Crippen molar-refractivity contribution in [2.75, 3.05) is 33.9 Å². The van der Waals surface area contributed by atoms with E-state index in [-0.39, 0.29) is 11.4 Å². The van der Waals surface area contributed by atoms with E-state index < -0.39 is 0 Å². The number of hydrogen-bond acceptors (Lipinski definition) is 4. The second-order valence-corrected chi connectivity index (χ2v) is 5.99. The molecule has 4 heteroatoms.